The number of nitrogens with zero attached hydrogens (tertiary/aromatic N) is 2. The quantitative estimate of drug-likeness (QED) is 0.707. The molecule has 29 heavy (non-hydrogen) atoms. The molecule has 0 saturated carbocycles. The van der Waals surface area contributed by atoms with Crippen LogP contribution in [0.25, 0.3) is 0 Å². The fraction of sp³-hybridized carbons (Fsp3) is 0.474. The number of anilines is 1. The predicted octanol–water partition coefficient (Wildman–Crippen LogP) is 0.951. The lowest BCUT2D eigenvalue weighted by Crippen LogP contribution is -2.42. The van der Waals surface area contributed by atoms with Gasteiger partial charge in [-0.1, -0.05) is 18.2 Å². The average Bonchev–Trinajstić information content (AvgIpc) is 3.03. The molecule has 2 aliphatic rings. The molecule has 1 N–H and O–H groups in total. The zero-order chi connectivity index (χ0) is 21.2. The largest absolute Gasteiger partial charge is 0.451 e. The summed E-state index contributed by atoms with van der Waals surface area (Å²) >= 11 is 0. The van der Waals surface area contributed by atoms with Gasteiger partial charge in [0, 0.05) is 18.5 Å². The molecule has 2 heterocycles. The summed E-state index contributed by atoms with van der Waals surface area (Å²) in [4.78, 5) is 36.5. The highest BCUT2D eigenvalue weighted by atomic mass is 32.2. The lowest BCUT2D eigenvalue weighted by molar-refractivity contribution is -0.141. The first kappa shape index (κ1) is 21.0. The summed E-state index contributed by atoms with van der Waals surface area (Å²) in [7, 11) is -3.20. The molecule has 1 saturated heterocycles. The maximum Gasteiger partial charge on any atom is 0.355 e. The fourth-order valence-corrected chi connectivity index (χ4v) is 5.07. The maximum absolute atomic E-state index is 12.3. The summed E-state index contributed by atoms with van der Waals surface area (Å²) in [5, 5.41) is 7.83. The Balaban J connectivity index is 1.60. The number of para-hydroxylation sites is 1. The lowest BCUT2D eigenvalue weighted by atomic mass is 10.1. The van der Waals surface area contributed by atoms with Gasteiger partial charge in [0.15, 0.2) is 16.4 Å². The number of hydrazone groups is 1. The van der Waals surface area contributed by atoms with Gasteiger partial charge in [-0.15, -0.1) is 0 Å². The molecule has 0 radical (unpaired) electrons. The molecular formula is C19H23N3O6S. The molecule has 0 bridgehead atoms. The topological polar surface area (TPSA) is 122 Å². The second kappa shape index (κ2) is 8.32. The molecule has 9 nitrogen and oxygen atoms in total. The molecular weight excluding hydrogens is 398 g/mol. The van der Waals surface area contributed by atoms with E-state index in [1.807, 2.05) is 32.0 Å². The van der Waals surface area contributed by atoms with E-state index in [1.165, 1.54) is 0 Å². The van der Waals surface area contributed by atoms with E-state index in [1.54, 1.807) is 0 Å². The van der Waals surface area contributed by atoms with E-state index in [0.717, 1.165) is 16.1 Å². The van der Waals surface area contributed by atoms with Crippen molar-refractivity contribution in [3.8, 4) is 0 Å². The third-order valence-electron chi connectivity index (χ3n) is 4.93. The minimum absolute atomic E-state index is 0.00473. The van der Waals surface area contributed by atoms with Crippen LogP contribution < -0.4 is 5.32 Å². The molecule has 0 aliphatic carbocycles. The van der Waals surface area contributed by atoms with Crippen LogP contribution in [0.5, 0.6) is 0 Å². The van der Waals surface area contributed by atoms with Crippen LogP contribution in [0.2, 0.25) is 0 Å². The van der Waals surface area contributed by atoms with E-state index in [0.29, 0.717) is 5.69 Å². The maximum atomic E-state index is 12.3. The van der Waals surface area contributed by atoms with Gasteiger partial charge in [-0.25, -0.2) is 18.2 Å². The molecule has 156 valence electrons. The van der Waals surface area contributed by atoms with Gasteiger partial charge in [0.1, 0.15) is 5.71 Å². The van der Waals surface area contributed by atoms with E-state index in [4.69, 9.17) is 4.74 Å². The Morgan fingerprint density at radius 2 is 1.93 bits per heavy atom. The van der Waals surface area contributed by atoms with Gasteiger partial charge in [-0.2, -0.15) is 5.10 Å². The third-order valence-corrected chi connectivity index (χ3v) is 6.68. The van der Waals surface area contributed by atoms with Crippen molar-refractivity contribution in [2.75, 3.05) is 23.4 Å². The summed E-state index contributed by atoms with van der Waals surface area (Å²) in [5.74, 6) is -1.77. The predicted molar refractivity (Wildman–Crippen MR) is 106 cm³/mol. The van der Waals surface area contributed by atoms with Crippen LogP contribution in [-0.2, 0) is 29.0 Å². The SMILES string of the molecule is Cc1cccc(C)c1NC(=O)COC(=O)C1=NN([C@@H]2CCS(=O)(=O)C2)C(=O)CC1. The van der Waals surface area contributed by atoms with Crippen LogP contribution >= 0.6 is 0 Å². The number of nitrogens with one attached hydrogen (secondary N) is 1. The molecule has 0 spiro atoms. The zero-order valence-electron chi connectivity index (χ0n) is 16.3. The monoisotopic (exact) mass is 421 g/mol. The normalized spacial score (nSPS) is 20.9. The van der Waals surface area contributed by atoms with Crippen molar-refractivity contribution < 1.29 is 27.5 Å². The number of benzene rings is 1. The Morgan fingerprint density at radius 3 is 2.55 bits per heavy atom. The van der Waals surface area contributed by atoms with Crippen molar-refractivity contribution >= 4 is 39.0 Å². The smallest absolute Gasteiger partial charge is 0.355 e. The summed E-state index contributed by atoms with van der Waals surface area (Å²) in [6, 6.07) is 5.04. The van der Waals surface area contributed by atoms with Crippen LogP contribution in [0.4, 0.5) is 5.69 Å². The number of ether oxygens (including phenoxy) is 1. The Bertz CT molecular complexity index is 965. The number of sulfone groups is 1. The van der Waals surface area contributed by atoms with Crippen LogP contribution in [0, 0.1) is 13.8 Å². The minimum Gasteiger partial charge on any atom is -0.451 e. The summed E-state index contributed by atoms with van der Waals surface area (Å²) in [6.07, 6.45) is 0.420. The van der Waals surface area contributed by atoms with Crippen molar-refractivity contribution in [3.63, 3.8) is 0 Å². The number of aryl methyl sites for hydroxylation is 2. The first-order chi connectivity index (χ1) is 13.7. The van der Waals surface area contributed by atoms with Gasteiger partial charge in [0.2, 0.25) is 5.91 Å². The van der Waals surface area contributed by atoms with Crippen molar-refractivity contribution in [1.29, 1.82) is 0 Å². The highest BCUT2D eigenvalue weighted by molar-refractivity contribution is 7.91. The molecule has 1 aromatic carbocycles. The molecule has 10 heteroatoms. The average molecular weight is 421 g/mol. The second-order valence-corrected chi connectivity index (χ2v) is 9.46. The molecule has 3 rings (SSSR count). The molecule has 1 aromatic rings. The first-order valence-electron chi connectivity index (χ1n) is 9.29. The first-order valence-corrected chi connectivity index (χ1v) is 11.1. The fourth-order valence-electron chi connectivity index (χ4n) is 3.37. The summed E-state index contributed by atoms with van der Waals surface area (Å²) in [6.45, 7) is 3.23. The van der Waals surface area contributed by atoms with Gasteiger partial charge < -0.3 is 10.1 Å². The van der Waals surface area contributed by atoms with Crippen molar-refractivity contribution in [2.45, 2.75) is 39.2 Å². The summed E-state index contributed by atoms with van der Waals surface area (Å²) < 4.78 is 28.4. The second-order valence-electron chi connectivity index (χ2n) is 7.23. The lowest BCUT2D eigenvalue weighted by Gasteiger charge is -2.27. The number of carbonyl (C=O) groups is 3. The Hall–Kier alpha value is -2.75. The molecule has 2 aliphatic heterocycles. The number of amides is 2. The van der Waals surface area contributed by atoms with Crippen LogP contribution in [0.3, 0.4) is 0 Å². The van der Waals surface area contributed by atoms with E-state index < -0.39 is 34.4 Å². The molecule has 2 amide bonds. The van der Waals surface area contributed by atoms with E-state index >= 15 is 0 Å². The van der Waals surface area contributed by atoms with Gasteiger partial charge in [-0.05, 0) is 31.4 Å². The van der Waals surface area contributed by atoms with Gasteiger partial charge in [0.05, 0.1) is 17.5 Å². The van der Waals surface area contributed by atoms with E-state index in [-0.39, 0.29) is 42.4 Å². The molecule has 0 unspecified atom stereocenters. The Morgan fingerprint density at radius 1 is 1.24 bits per heavy atom. The minimum atomic E-state index is -3.20. The van der Waals surface area contributed by atoms with Gasteiger partial charge in [0.25, 0.3) is 5.91 Å². The van der Waals surface area contributed by atoms with Crippen molar-refractivity contribution in [3.05, 3.63) is 29.3 Å². The van der Waals surface area contributed by atoms with Crippen LogP contribution in [0.1, 0.15) is 30.4 Å². The standard InChI is InChI=1S/C19H23N3O6S/c1-12-4-3-5-13(2)18(12)20-16(23)10-28-19(25)15-6-7-17(24)22(21-15)14-8-9-29(26,27)11-14/h3-5,14H,6-11H2,1-2H3,(H,20,23)/t14-/m1/s1. The number of rotatable bonds is 5. The van der Waals surface area contributed by atoms with E-state index in [2.05, 4.69) is 10.4 Å². The summed E-state index contributed by atoms with van der Waals surface area (Å²) in [5.41, 5.74) is 2.46. The highest BCUT2D eigenvalue weighted by Gasteiger charge is 2.37. The van der Waals surface area contributed by atoms with Crippen molar-refractivity contribution in [2.24, 2.45) is 5.10 Å². The molecule has 1 atom stereocenters. The number of carbonyl (C=O) groups excluding carboxylic acids is 3. The van der Waals surface area contributed by atoms with Crippen LogP contribution in [0.15, 0.2) is 23.3 Å². The Labute approximate surface area is 169 Å². The molecule has 1 fully saturated rings. The van der Waals surface area contributed by atoms with Crippen LogP contribution in [-0.4, -0.2) is 61.1 Å². The zero-order valence-corrected chi connectivity index (χ0v) is 17.1. The van der Waals surface area contributed by atoms with E-state index in [9.17, 15) is 22.8 Å². The number of esters is 1. The number of hydrogen-bond acceptors (Lipinski definition) is 7. The third kappa shape index (κ3) is 5.00. The van der Waals surface area contributed by atoms with Gasteiger partial charge >= 0.3 is 5.97 Å². The highest BCUT2D eigenvalue weighted by Crippen LogP contribution is 2.22. The molecule has 0 aromatic heterocycles. The van der Waals surface area contributed by atoms with Gasteiger partial charge in [-0.3, -0.25) is 9.59 Å². The van der Waals surface area contributed by atoms with Crippen molar-refractivity contribution in [1.82, 2.24) is 5.01 Å². The number of hydrogen-bond donors (Lipinski definition) is 1. The Kier molecular flexibility index (Phi) is 6.02.